The van der Waals surface area contributed by atoms with E-state index in [9.17, 15) is 10.5 Å². The molecule has 0 spiro atoms. The van der Waals surface area contributed by atoms with Crippen LogP contribution < -0.4 is 0 Å². The summed E-state index contributed by atoms with van der Waals surface area (Å²) >= 11 is 0. The van der Waals surface area contributed by atoms with Gasteiger partial charge in [0.2, 0.25) is 0 Å². The van der Waals surface area contributed by atoms with E-state index < -0.39 is 0 Å². The van der Waals surface area contributed by atoms with Crippen molar-refractivity contribution in [2.45, 2.75) is 0 Å². The van der Waals surface area contributed by atoms with Crippen LogP contribution in [0.5, 0.6) is 0 Å². The van der Waals surface area contributed by atoms with Crippen LogP contribution in [0.2, 0.25) is 0 Å². The van der Waals surface area contributed by atoms with Gasteiger partial charge in [-0.05, 0) is 48.5 Å². The number of benzene rings is 4. The number of para-hydroxylation sites is 2. The van der Waals surface area contributed by atoms with Gasteiger partial charge in [0.15, 0.2) is 5.58 Å². The van der Waals surface area contributed by atoms with Crippen LogP contribution in [-0.2, 0) is 0 Å². The topological polar surface area (TPSA) is 65.7 Å². The molecular weight excluding hydrogens is 370 g/mol. The van der Waals surface area contributed by atoms with Gasteiger partial charge in [-0.3, -0.25) is 0 Å². The summed E-state index contributed by atoms with van der Waals surface area (Å²) in [6.07, 6.45) is 0. The van der Waals surface area contributed by atoms with Gasteiger partial charge in [-0.2, -0.15) is 10.5 Å². The third-order valence-corrected chi connectivity index (χ3v) is 5.66. The molecule has 2 heterocycles. The van der Waals surface area contributed by atoms with Crippen molar-refractivity contribution in [3.05, 3.63) is 90.0 Å². The quantitative estimate of drug-likeness (QED) is 0.329. The molecule has 2 aromatic heterocycles. The summed E-state index contributed by atoms with van der Waals surface area (Å²) in [5.74, 6) is 0. The highest BCUT2D eigenvalue weighted by Gasteiger charge is 2.15. The minimum Gasteiger partial charge on any atom is -0.455 e. The molecule has 4 heteroatoms. The highest BCUT2D eigenvalue weighted by molar-refractivity contribution is 6.11. The van der Waals surface area contributed by atoms with Gasteiger partial charge < -0.3 is 8.98 Å². The smallest absolute Gasteiger partial charge is 0.153 e. The summed E-state index contributed by atoms with van der Waals surface area (Å²) in [5.41, 5.74) is 5.67. The van der Waals surface area contributed by atoms with Crippen molar-refractivity contribution in [1.29, 1.82) is 10.5 Å². The Bertz CT molecular complexity index is 1720. The van der Waals surface area contributed by atoms with Crippen LogP contribution in [0.3, 0.4) is 0 Å². The number of hydrogen-bond donors (Lipinski definition) is 0. The summed E-state index contributed by atoms with van der Waals surface area (Å²) in [4.78, 5) is 0. The maximum Gasteiger partial charge on any atom is 0.153 e. The number of nitrogens with zero attached hydrogens (tertiary/aromatic N) is 3. The summed E-state index contributed by atoms with van der Waals surface area (Å²) in [5, 5.41) is 22.8. The molecule has 0 bridgehead atoms. The second-order valence-corrected chi connectivity index (χ2v) is 7.27. The zero-order valence-corrected chi connectivity index (χ0v) is 15.8. The molecule has 0 amide bonds. The van der Waals surface area contributed by atoms with Gasteiger partial charge in [0.05, 0.1) is 28.2 Å². The lowest BCUT2D eigenvalue weighted by molar-refractivity contribution is 0.667. The molecule has 0 N–H and O–H groups in total. The van der Waals surface area contributed by atoms with Crippen LogP contribution in [0, 0.1) is 22.7 Å². The standard InChI is InChI=1S/C26H13N3O/c27-14-16-8-10-24-21(12-16)19-5-1-2-7-23(19)29(24)18-9-11-25-22(13-18)20-6-3-4-17(15-28)26(20)30-25/h1-13H. The molecule has 0 atom stereocenters. The minimum absolute atomic E-state index is 0.533. The summed E-state index contributed by atoms with van der Waals surface area (Å²) in [7, 11) is 0. The highest BCUT2D eigenvalue weighted by Crippen LogP contribution is 2.36. The Kier molecular flexibility index (Phi) is 3.27. The SMILES string of the molecule is N#Cc1ccc2c(c1)c1ccccc1n2-c1ccc2oc3c(C#N)cccc3c2c1. The number of aromatic nitrogens is 1. The molecule has 0 aliphatic carbocycles. The number of hydrogen-bond acceptors (Lipinski definition) is 3. The molecule has 0 saturated carbocycles. The first-order valence-corrected chi connectivity index (χ1v) is 9.57. The van der Waals surface area contributed by atoms with Crippen LogP contribution in [0.15, 0.2) is 83.3 Å². The number of furan rings is 1. The van der Waals surface area contributed by atoms with E-state index in [-0.39, 0.29) is 0 Å². The van der Waals surface area contributed by atoms with Gasteiger partial charge in [0.25, 0.3) is 0 Å². The fourth-order valence-corrected chi connectivity index (χ4v) is 4.33. The van der Waals surface area contributed by atoms with E-state index in [0.29, 0.717) is 16.7 Å². The largest absolute Gasteiger partial charge is 0.455 e. The summed E-state index contributed by atoms with van der Waals surface area (Å²) < 4.78 is 8.19. The molecule has 30 heavy (non-hydrogen) atoms. The van der Waals surface area contributed by atoms with Gasteiger partial charge in [-0.1, -0.05) is 30.3 Å². The Morgan fingerprint density at radius 2 is 1.50 bits per heavy atom. The summed E-state index contributed by atoms with van der Waals surface area (Å²) in [6.45, 7) is 0. The Labute approximate surface area is 171 Å². The van der Waals surface area contributed by atoms with Crippen molar-refractivity contribution in [1.82, 2.24) is 4.57 Å². The third-order valence-electron chi connectivity index (χ3n) is 5.66. The summed E-state index contributed by atoms with van der Waals surface area (Å²) in [6, 6.07) is 30.2. The molecule has 6 aromatic rings. The lowest BCUT2D eigenvalue weighted by atomic mass is 10.1. The maximum atomic E-state index is 9.41. The van der Waals surface area contributed by atoms with Gasteiger partial charge in [0.1, 0.15) is 11.7 Å². The van der Waals surface area contributed by atoms with Crippen LogP contribution in [0.1, 0.15) is 11.1 Å². The predicted octanol–water partition coefficient (Wildman–Crippen LogP) is 6.43. The van der Waals surface area contributed by atoms with Crippen molar-refractivity contribution in [2.24, 2.45) is 0 Å². The fraction of sp³-hybridized carbons (Fsp3) is 0. The van der Waals surface area contributed by atoms with Gasteiger partial charge in [-0.15, -0.1) is 0 Å². The molecule has 4 nitrogen and oxygen atoms in total. The van der Waals surface area contributed by atoms with Gasteiger partial charge >= 0.3 is 0 Å². The second-order valence-electron chi connectivity index (χ2n) is 7.27. The lowest BCUT2D eigenvalue weighted by Gasteiger charge is -2.08. The molecule has 0 radical (unpaired) electrons. The molecule has 0 fully saturated rings. The Hall–Kier alpha value is -4.54. The van der Waals surface area contributed by atoms with Crippen molar-refractivity contribution < 1.29 is 4.42 Å². The number of nitriles is 2. The molecule has 6 rings (SSSR count). The monoisotopic (exact) mass is 383 g/mol. The number of rotatable bonds is 1. The first-order chi connectivity index (χ1) is 14.8. The molecule has 0 aliphatic rings. The predicted molar refractivity (Wildman–Crippen MR) is 117 cm³/mol. The van der Waals surface area contributed by atoms with Crippen molar-refractivity contribution in [2.75, 3.05) is 0 Å². The average Bonchev–Trinajstić information content (AvgIpc) is 3.33. The van der Waals surface area contributed by atoms with E-state index in [1.165, 1.54) is 0 Å². The molecule has 0 aliphatic heterocycles. The van der Waals surface area contributed by atoms with Crippen LogP contribution in [0.4, 0.5) is 0 Å². The first-order valence-electron chi connectivity index (χ1n) is 9.57. The normalized spacial score (nSPS) is 11.3. The first kappa shape index (κ1) is 16.4. The van der Waals surface area contributed by atoms with Crippen molar-refractivity contribution >= 4 is 43.7 Å². The van der Waals surface area contributed by atoms with Crippen LogP contribution in [0.25, 0.3) is 49.4 Å². The molecule has 138 valence electrons. The lowest BCUT2D eigenvalue weighted by Crippen LogP contribution is -1.93. The second kappa shape index (κ2) is 5.98. The van der Waals surface area contributed by atoms with Crippen LogP contribution in [-0.4, -0.2) is 4.57 Å². The molecule has 4 aromatic carbocycles. The van der Waals surface area contributed by atoms with E-state index in [4.69, 9.17) is 4.42 Å². The molecular formula is C26H13N3O. The minimum atomic E-state index is 0.533. The highest BCUT2D eigenvalue weighted by atomic mass is 16.3. The Morgan fingerprint density at radius 3 is 2.37 bits per heavy atom. The van der Waals surface area contributed by atoms with E-state index >= 15 is 0 Å². The van der Waals surface area contributed by atoms with Crippen molar-refractivity contribution in [3.63, 3.8) is 0 Å². The zero-order chi connectivity index (χ0) is 20.2. The van der Waals surface area contributed by atoms with E-state index in [1.54, 1.807) is 6.07 Å². The molecule has 0 saturated heterocycles. The fourth-order valence-electron chi connectivity index (χ4n) is 4.33. The zero-order valence-electron chi connectivity index (χ0n) is 15.8. The van der Waals surface area contributed by atoms with Gasteiger partial charge in [0, 0.05) is 27.2 Å². The Balaban J connectivity index is 1.72. The van der Waals surface area contributed by atoms with Gasteiger partial charge in [-0.25, -0.2) is 0 Å². The molecule has 0 unspecified atom stereocenters. The third kappa shape index (κ3) is 2.13. The van der Waals surface area contributed by atoms with Crippen molar-refractivity contribution in [3.8, 4) is 17.8 Å². The number of fused-ring (bicyclic) bond motifs is 6. The van der Waals surface area contributed by atoms with E-state index in [2.05, 4.69) is 34.9 Å². The Morgan fingerprint density at radius 1 is 0.667 bits per heavy atom. The van der Waals surface area contributed by atoms with E-state index in [0.717, 1.165) is 43.8 Å². The van der Waals surface area contributed by atoms with Crippen LogP contribution >= 0.6 is 0 Å². The van der Waals surface area contributed by atoms with E-state index in [1.807, 2.05) is 54.6 Å². The average molecular weight is 383 g/mol. The maximum absolute atomic E-state index is 9.41.